The molecule has 0 aliphatic carbocycles. The Morgan fingerprint density at radius 3 is 2.35 bits per heavy atom. The molecule has 4 heteroatoms. The molecule has 0 fully saturated rings. The van der Waals surface area contributed by atoms with Crippen molar-refractivity contribution in [3.63, 3.8) is 0 Å². The molecule has 3 N–H and O–H groups in total. The predicted molar refractivity (Wildman–Crippen MR) is 84.5 cm³/mol. The minimum Gasteiger partial charge on any atom is -0.399 e. The summed E-state index contributed by atoms with van der Waals surface area (Å²) in [6.07, 6.45) is 0.392. The van der Waals surface area contributed by atoms with Crippen molar-refractivity contribution in [2.45, 2.75) is 33.2 Å². The highest BCUT2D eigenvalue weighted by Gasteiger charge is 2.27. The molecule has 0 saturated heterocycles. The third-order valence-electron chi connectivity index (χ3n) is 3.62. The van der Waals surface area contributed by atoms with E-state index in [0.29, 0.717) is 6.42 Å². The van der Waals surface area contributed by atoms with E-state index in [0.717, 1.165) is 17.8 Å². The summed E-state index contributed by atoms with van der Waals surface area (Å²) in [5, 5.41) is 3.09. The summed E-state index contributed by atoms with van der Waals surface area (Å²) in [5.41, 5.74) is 7.36. The van der Waals surface area contributed by atoms with Gasteiger partial charge in [-0.25, -0.2) is 0 Å². The molecule has 1 unspecified atom stereocenters. The lowest BCUT2D eigenvalue weighted by Crippen LogP contribution is -2.47. The highest BCUT2D eigenvalue weighted by atomic mass is 16.1. The quantitative estimate of drug-likeness (QED) is 0.781. The van der Waals surface area contributed by atoms with E-state index >= 15 is 0 Å². The molecule has 1 aromatic carbocycles. The molecule has 1 atom stereocenters. The van der Waals surface area contributed by atoms with Gasteiger partial charge < -0.3 is 16.0 Å². The van der Waals surface area contributed by atoms with E-state index in [9.17, 15) is 4.79 Å². The van der Waals surface area contributed by atoms with Gasteiger partial charge in [-0.1, -0.05) is 26.0 Å². The third-order valence-corrected chi connectivity index (χ3v) is 3.62. The summed E-state index contributed by atoms with van der Waals surface area (Å²) in [6, 6.07) is 7.55. The van der Waals surface area contributed by atoms with E-state index in [1.807, 2.05) is 38.4 Å². The first-order valence-electron chi connectivity index (χ1n) is 6.99. The van der Waals surface area contributed by atoms with Crippen molar-refractivity contribution in [3.05, 3.63) is 29.8 Å². The molecule has 0 spiro atoms. The topological polar surface area (TPSA) is 58.4 Å². The van der Waals surface area contributed by atoms with E-state index < -0.39 is 0 Å². The Kier molecular flexibility index (Phi) is 5.57. The van der Waals surface area contributed by atoms with Gasteiger partial charge in [0.2, 0.25) is 5.91 Å². The maximum absolute atomic E-state index is 12.1. The first-order chi connectivity index (χ1) is 9.20. The fraction of sp³-hybridized carbons (Fsp3) is 0.562. The molecular formula is C16H27N3O. The predicted octanol–water partition coefficient (Wildman–Crippen LogP) is 1.90. The number of nitrogens with two attached hydrogens (primary N) is 1. The van der Waals surface area contributed by atoms with E-state index in [1.54, 1.807) is 0 Å². The fourth-order valence-electron chi connectivity index (χ4n) is 2.26. The molecule has 0 radical (unpaired) electrons. The highest BCUT2D eigenvalue weighted by molar-refractivity contribution is 5.79. The van der Waals surface area contributed by atoms with Crippen LogP contribution in [0.5, 0.6) is 0 Å². The smallest absolute Gasteiger partial charge is 0.224 e. The first kappa shape index (κ1) is 16.5. The molecular weight excluding hydrogens is 250 g/mol. The van der Waals surface area contributed by atoms with Crippen LogP contribution in [-0.2, 0) is 11.2 Å². The van der Waals surface area contributed by atoms with Crippen molar-refractivity contribution in [2.75, 3.05) is 26.4 Å². The summed E-state index contributed by atoms with van der Waals surface area (Å²) < 4.78 is 0. The van der Waals surface area contributed by atoms with Crippen LogP contribution in [-0.4, -0.2) is 37.5 Å². The highest BCUT2D eigenvalue weighted by Crippen LogP contribution is 2.21. The molecule has 112 valence electrons. The average Bonchev–Trinajstić information content (AvgIpc) is 2.30. The number of amides is 1. The number of rotatable bonds is 6. The Hall–Kier alpha value is -1.55. The number of nitrogens with one attached hydrogen (secondary N) is 1. The third kappa shape index (κ3) is 5.21. The van der Waals surface area contributed by atoms with Gasteiger partial charge in [0.15, 0.2) is 0 Å². The number of benzene rings is 1. The fourth-order valence-corrected chi connectivity index (χ4v) is 2.26. The summed E-state index contributed by atoms with van der Waals surface area (Å²) in [7, 11) is 4.09. The van der Waals surface area contributed by atoms with Crippen molar-refractivity contribution >= 4 is 11.6 Å². The number of carbonyl (C=O) groups is 1. The molecule has 1 aromatic rings. The van der Waals surface area contributed by atoms with E-state index in [1.165, 1.54) is 0 Å². The Bertz CT molecular complexity index is 438. The summed E-state index contributed by atoms with van der Waals surface area (Å²) in [4.78, 5) is 14.2. The van der Waals surface area contributed by atoms with Crippen LogP contribution in [0.4, 0.5) is 5.69 Å². The van der Waals surface area contributed by atoms with Gasteiger partial charge in [-0.05, 0) is 44.1 Å². The Balaban J connectivity index is 2.55. The second-order valence-corrected chi connectivity index (χ2v) is 6.43. The van der Waals surface area contributed by atoms with Gasteiger partial charge in [-0.3, -0.25) is 4.79 Å². The number of hydrogen-bond donors (Lipinski definition) is 2. The summed E-state index contributed by atoms with van der Waals surface area (Å²) in [6.45, 7) is 7.32. The van der Waals surface area contributed by atoms with Gasteiger partial charge in [0, 0.05) is 18.3 Å². The lowest BCUT2D eigenvalue weighted by molar-refractivity contribution is -0.121. The minimum atomic E-state index is 0.0281. The van der Waals surface area contributed by atoms with Crippen molar-refractivity contribution in [2.24, 2.45) is 5.41 Å². The van der Waals surface area contributed by atoms with Gasteiger partial charge in [-0.2, -0.15) is 0 Å². The van der Waals surface area contributed by atoms with Crippen LogP contribution in [0.3, 0.4) is 0 Å². The molecule has 0 aliphatic rings. The largest absolute Gasteiger partial charge is 0.399 e. The zero-order valence-corrected chi connectivity index (χ0v) is 13.2. The van der Waals surface area contributed by atoms with Gasteiger partial charge in [-0.15, -0.1) is 0 Å². The van der Waals surface area contributed by atoms with Crippen molar-refractivity contribution in [1.29, 1.82) is 0 Å². The van der Waals surface area contributed by atoms with Gasteiger partial charge in [0.05, 0.1) is 6.42 Å². The van der Waals surface area contributed by atoms with Crippen LogP contribution in [0.25, 0.3) is 0 Å². The molecule has 1 rings (SSSR count). The van der Waals surface area contributed by atoms with Crippen LogP contribution in [0.1, 0.15) is 26.3 Å². The van der Waals surface area contributed by atoms with Gasteiger partial charge in [0.25, 0.3) is 0 Å². The molecule has 0 heterocycles. The van der Waals surface area contributed by atoms with Crippen molar-refractivity contribution < 1.29 is 4.79 Å². The Labute approximate surface area is 122 Å². The van der Waals surface area contributed by atoms with Crippen molar-refractivity contribution in [1.82, 2.24) is 10.2 Å². The monoisotopic (exact) mass is 277 g/mol. The van der Waals surface area contributed by atoms with Gasteiger partial charge >= 0.3 is 0 Å². The van der Waals surface area contributed by atoms with Crippen LogP contribution < -0.4 is 11.1 Å². The number of nitrogen functional groups attached to an aromatic ring is 1. The van der Waals surface area contributed by atoms with Crippen LogP contribution in [0, 0.1) is 5.41 Å². The standard InChI is InChI=1S/C16H27N3O/c1-12(16(2,3)11-19(4)5)18-15(20)10-13-6-8-14(17)9-7-13/h6-9,12H,10-11,17H2,1-5H3,(H,18,20). The second kappa shape index (κ2) is 6.75. The number of anilines is 1. The molecule has 0 bridgehead atoms. The minimum absolute atomic E-state index is 0.0281. The van der Waals surface area contributed by atoms with Gasteiger partial charge in [0.1, 0.15) is 0 Å². The molecule has 0 saturated carbocycles. The second-order valence-electron chi connectivity index (χ2n) is 6.43. The zero-order chi connectivity index (χ0) is 15.3. The average molecular weight is 277 g/mol. The van der Waals surface area contributed by atoms with E-state index in [2.05, 4.69) is 31.0 Å². The van der Waals surface area contributed by atoms with Crippen LogP contribution >= 0.6 is 0 Å². The Morgan fingerprint density at radius 1 is 1.30 bits per heavy atom. The van der Waals surface area contributed by atoms with Crippen molar-refractivity contribution in [3.8, 4) is 0 Å². The number of carbonyl (C=O) groups excluding carboxylic acids is 1. The molecule has 20 heavy (non-hydrogen) atoms. The lowest BCUT2D eigenvalue weighted by atomic mass is 9.85. The molecule has 0 aliphatic heterocycles. The zero-order valence-electron chi connectivity index (χ0n) is 13.2. The summed E-state index contributed by atoms with van der Waals surface area (Å²) >= 11 is 0. The lowest BCUT2D eigenvalue weighted by Gasteiger charge is -2.34. The molecule has 0 aromatic heterocycles. The summed E-state index contributed by atoms with van der Waals surface area (Å²) in [5.74, 6) is 0.0501. The Morgan fingerprint density at radius 2 is 1.85 bits per heavy atom. The maximum atomic E-state index is 12.1. The van der Waals surface area contributed by atoms with E-state index in [-0.39, 0.29) is 17.4 Å². The SMILES string of the molecule is CC(NC(=O)Cc1ccc(N)cc1)C(C)(C)CN(C)C. The number of hydrogen-bond acceptors (Lipinski definition) is 3. The van der Waals surface area contributed by atoms with Crippen LogP contribution in [0.15, 0.2) is 24.3 Å². The number of nitrogens with zero attached hydrogens (tertiary/aromatic N) is 1. The maximum Gasteiger partial charge on any atom is 0.224 e. The van der Waals surface area contributed by atoms with E-state index in [4.69, 9.17) is 5.73 Å². The first-order valence-corrected chi connectivity index (χ1v) is 6.99. The normalized spacial score (nSPS) is 13.3. The molecule has 4 nitrogen and oxygen atoms in total. The van der Waals surface area contributed by atoms with Crippen LogP contribution in [0.2, 0.25) is 0 Å². The molecule has 1 amide bonds.